The third-order valence-electron chi connectivity index (χ3n) is 3.86. The molecule has 4 rings (SSSR count). The highest BCUT2D eigenvalue weighted by molar-refractivity contribution is 7.15. The van der Waals surface area contributed by atoms with Crippen LogP contribution in [0.4, 0.5) is 5.13 Å². The van der Waals surface area contributed by atoms with Crippen LogP contribution in [0.2, 0.25) is 0 Å². The Morgan fingerprint density at radius 2 is 2.08 bits per heavy atom. The summed E-state index contributed by atoms with van der Waals surface area (Å²) in [5.41, 5.74) is 0.905. The first-order valence-electron chi connectivity index (χ1n) is 7.95. The highest BCUT2D eigenvalue weighted by Gasteiger charge is 2.16. The second-order valence-electron chi connectivity index (χ2n) is 5.68. The van der Waals surface area contributed by atoms with E-state index in [0.717, 1.165) is 10.6 Å². The van der Waals surface area contributed by atoms with Crippen LogP contribution in [0.1, 0.15) is 26.9 Å². The lowest BCUT2D eigenvalue weighted by Crippen LogP contribution is -2.10. The molecular weight excluding hydrogens is 356 g/mol. The third kappa shape index (κ3) is 3.36. The summed E-state index contributed by atoms with van der Waals surface area (Å²) in [6.07, 6.45) is 0. The van der Waals surface area contributed by atoms with Gasteiger partial charge >= 0.3 is 0 Å². The lowest BCUT2D eigenvalue weighted by atomic mass is 10.3. The Balaban J connectivity index is 1.37. The lowest BCUT2D eigenvalue weighted by Gasteiger charge is -2.05. The summed E-state index contributed by atoms with van der Waals surface area (Å²) in [4.78, 5) is 17.6. The maximum atomic E-state index is 12.2. The number of hydrogen-bond donors (Lipinski definition) is 1. The van der Waals surface area contributed by atoms with E-state index in [1.54, 1.807) is 30.3 Å². The predicted molar refractivity (Wildman–Crippen MR) is 95.1 cm³/mol. The van der Waals surface area contributed by atoms with E-state index in [1.165, 1.54) is 11.3 Å². The summed E-state index contributed by atoms with van der Waals surface area (Å²) in [7, 11) is 0. The zero-order chi connectivity index (χ0) is 18.1. The summed E-state index contributed by atoms with van der Waals surface area (Å²) in [6.45, 7) is 4.27. The normalized spacial score (nSPS) is 12.2. The van der Waals surface area contributed by atoms with Crippen molar-refractivity contribution < 1.29 is 23.4 Å². The van der Waals surface area contributed by atoms with Crippen LogP contribution >= 0.6 is 11.3 Å². The van der Waals surface area contributed by atoms with Gasteiger partial charge in [-0.1, -0.05) is 0 Å². The van der Waals surface area contributed by atoms with Crippen LogP contribution < -0.4 is 19.5 Å². The molecule has 0 saturated carbocycles. The Morgan fingerprint density at radius 3 is 2.88 bits per heavy atom. The van der Waals surface area contributed by atoms with Crippen molar-refractivity contribution in [3.05, 3.63) is 52.4 Å². The molecule has 7 nitrogen and oxygen atoms in total. The molecule has 1 aliphatic rings. The highest BCUT2D eigenvalue weighted by atomic mass is 32.1. The molecule has 3 heterocycles. The minimum Gasteiger partial charge on any atom is -0.486 e. The third-order valence-corrected chi connectivity index (χ3v) is 4.85. The maximum absolute atomic E-state index is 12.2. The van der Waals surface area contributed by atoms with Crippen LogP contribution in [-0.2, 0) is 6.61 Å². The number of carbonyl (C=O) groups excluding carboxylic acids is 1. The molecule has 134 valence electrons. The first-order valence-corrected chi connectivity index (χ1v) is 8.76. The van der Waals surface area contributed by atoms with Crippen molar-refractivity contribution in [1.82, 2.24) is 4.98 Å². The van der Waals surface area contributed by atoms with Crippen LogP contribution in [0, 0.1) is 13.8 Å². The van der Waals surface area contributed by atoms with E-state index in [2.05, 4.69) is 10.3 Å². The molecule has 0 bridgehead atoms. The molecule has 0 radical (unpaired) electrons. The number of fused-ring (bicyclic) bond motifs is 1. The fourth-order valence-corrected chi connectivity index (χ4v) is 3.19. The van der Waals surface area contributed by atoms with E-state index in [1.807, 2.05) is 13.8 Å². The number of rotatable bonds is 5. The number of ether oxygens (including phenoxy) is 3. The van der Waals surface area contributed by atoms with Crippen LogP contribution in [0.15, 0.2) is 34.7 Å². The Kier molecular flexibility index (Phi) is 4.26. The van der Waals surface area contributed by atoms with Gasteiger partial charge in [0.05, 0.1) is 5.69 Å². The Morgan fingerprint density at radius 1 is 1.23 bits per heavy atom. The number of aryl methyl sites for hydroxylation is 2. The molecule has 2 aromatic heterocycles. The van der Waals surface area contributed by atoms with Crippen molar-refractivity contribution in [2.45, 2.75) is 20.5 Å². The van der Waals surface area contributed by atoms with Crippen molar-refractivity contribution in [3.8, 4) is 17.2 Å². The molecule has 0 aliphatic carbocycles. The molecule has 0 fully saturated rings. The Labute approximate surface area is 153 Å². The SMILES string of the molecule is Cc1nc(NC(=O)c2ccc(COc3ccc4c(c3)OCO4)o2)sc1C. The number of carbonyl (C=O) groups is 1. The number of thiazole rings is 1. The van der Waals surface area contributed by atoms with Gasteiger partial charge in [0.1, 0.15) is 18.1 Å². The minimum atomic E-state index is -0.340. The Hall–Kier alpha value is -3.00. The van der Waals surface area contributed by atoms with E-state index >= 15 is 0 Å². The first kappa shape index (κ1) is 16.5. The van der Waals surface area contributed by atoms with Crippen molar-refractivity contribution >= 4 is 22.4 Å². The molecule has 0 atom stereocenters. The van der Waals surface area contributed by atoms with Crippen molar-refractivity contribution in [2.75, 3.05) is 12.1 Å². The summed E-state index contributed by atoms with van der Waals surface area (Å²) in [5.74, 6) is 2.38. The molecule has 8 heteroatoms. The van der Waals surface area contributed by atoms with Crippen LogP contribution in [0.3, 0.4) is 0 Å². The highest BCUT2D eigenvalue weighted by Crippen LogP contribution is 2.35. The molecular formula is C18H16N2O5S. The Bertz CT molecular complexity index is 943. The van der Waals surface area contributed by atoms with Gasteiger partial charge < -0.3 is 18.6 Å². The fourth-order valence-electron chi connectivity index (χ4n) is 2.38. The number of nitrogens with one attached hydrogen (secondary N) is 1. The molecule has 0 saturated heterocycles. The van der Waals surface area contributed by atoms with E-state index < -0.39 is 0 Å². The first-order chi connectivity index (χ1) is 12.6. The number of benzene rings is 1. The quantitative estimate of drug-likeness (QED) is 0.731. The van der Waals surface area contributed by atoms with E-state index in [4.69, 9.17) is 18.6 Å². The maximum Gasteiger partial charge on any atom is 0.293 e. The minimum absolute atomic E-state index is 0.197. The van der Waals surface area contributed by atoms with Gasteiger partial charge in [-0.05, 0) is 38.1 Å². The summed E-state index contributed by atoms with van der Waals surface area (Å²) < 4.78 is 21.8. The van der Waals surface area contributed by atoms with Crippen molar-refractivity contribution in [1.29, 1.82) is 0 Å². The van der Waals surface area contributed by atoms with Crippen molar-refractivity contribution in [2.24, 2.45) is 0 Å². The molecule has 3 aromatic rings. The number of amides is 1. The van der Waals surface area contributed by atoms with Crippen LogP contribution in [0.5, 0.6) is 17.2 Å². The molecule has 0 unspecified atom stereocenters. The van der Waals surface area contributed by atoms with Gasteiger partial charge in [-0.25, -0.2) is 4.98 Å². The fraction of sp³-hybridized carbons (Fsp3) is 0.222. The number of furan rings is 1. The number of hydrogen-bond acceptors (Lipinski definition) is 7. The van der Waals surface area contributed by atoms with Gasteiger partial charge in [0.2, 0.25) is 6.79 Å². The largest absolute Gasteiger partial charge is 0.486 e. The predicted octanol–water partition coefficient (Wildman–Crippen LogP) is 3.91. The van der Waals surface area contributed by atoms with Crippen LogP contribution in [0.25, 0.3) is 0 Å². The zero-order valence-corrected chi connectivity index (χ0v) is 15.0. The number of aromatic nitrogens is 1. The molecule has 26 heavy (non-hydrogen) atoms. The molecule has 0 spiro atoms. The smallest absolute Gasteiger partial charge is 0.293 e. The van der Waals surface area contributed by atoms with Gasteiger partial charge in [-0.3, -0.25) is 10.1 Å². The second kappa shape index (κ2) is 6.72. The van der Waals surface area contributed by atoms with Crippen LogP contribution in [-0.4, -0.2) is 17.7 Å². The summed E-state index contributed by atoms with van der Waals surface area (Å²) in [5, 5.41) is 3.29. The van der Waals surface area contributed by atoms with Gasteiger partial charge in [0.15, 0.2) is 22.4 Å². The molecule has 1 amide bonds. The van der Waals surface area contributed by atoms with E-state index in [-0.39, 0.29) is 25.1 Å². The van der Waals surface area contributed by atoms with E-state index in [0.29, 0.717) is 28.1 Å². The van der Waals surface area contributed by atoms with Gasteiger partial charge in [0, 0.05) is 10.9 Å². The average Bonchev–Trinajstić information content (AvgIpc) is 3.33. The number of anilines is 1. The number of nitrogens with zero attached hydrogens (tertiary/aromatic N) is 1. The average molecular weight is 372 g/mol. The summed E-state index contributed by atoms with van der Waals surface area (Å²) >= 11 is 1.43. The molecule has 1 aliphatic heterocycles. The van der Waals surface area contributed by atoms with Gasteiger partial charge in [-0.15, -0.1) is 11.3 Å². The summed E-state index contributed by atoms with van der Waals surface area (Å²) in [6, 6.07) is 8.65. The standard InChI is InChI=1S/C18H16N2O5S/c1-10-11(2)26-18(19-10)20-17(21)15-6-4-13(25-15)8-22-12-3-5-14-16(7-12)24-9-23-14/h3-7H,8-9H2,1-2H3,(H,19,20,21). The van der Waals surface area contributed by atoms with Crippen molar-refractivity contribution in [3.63, 3.8) is 0 Å². The lowest BCUT2D eigenvalue weighted by molar-refractivity contribution is 0.0992. The molecule has 1 N–H and O–H groups in total. The van der Waals surface area contributed by atoms with Gasteiger partial charge in [0.25, 0.3) is 5.91 Å². The van der Waals surface area contributed by atoms with E-state index in [9.17, 15) is 4.79 Å². The zero-order valence-electron chi connectivity index (χ0n) is 14.2. The topological polar surface area (TPSA) is 82.8 Å². The monoisotopic (exact) mass is 372 g/mol. The second-order valence-corrected chi connectivity index (χ2v) is 6.89. The van der Waals surface area contributed by atoms with Gasteiger partial charge in [-0.2, -0.15) is 0 Å². The molecule has 1 aromatic carbocycles.